The third-order valence-corrected chi connectivity index (χ3v) is 2.31. The van der Waals surface area contributed by atoms with Crippen LogP contribution in [0.3, 0.4) is 0 Å². The molecule has 1 rings (SSSR count). The van der Waals surface area contributed by atoms with E-state index in [9.17, 15) is 10.1 Å². The first-order chi connectivity index (χ1) is 6.56. The molecule has 0 aliphatic carbocycles. The molecule has 0 unspecified atom stereocenters. The third-order valence-electron chi connectivity index (χ3n) is 1.56. The van der Waals surface area contributed by atoms with E-state index in [2.05, 4.69) is 15.9 Å². The van der Waals surface area contributed by atoms with Crippen molar-refractivity contribution in [3.8, 4) is 6.07 Å². The van der Waals surface area contributed by atoms with Crippen molar-refractivity contribution < 1.29 is 4.92 Å². The van der Waals surface area contributed by atoms with E-state index in [-0.39, 0.29) is 17.1 Å². The lowest BCUT2D eigenvalue weighted by Crippen LogP contribution is -1.96. The van der Waals surface area contributed by atoms with Crippen LogP contribution in [0.5, 0.6) is 0 Å². The van der Waals surface area contributed by atoms with Gasteiger partial charge in [0.05, 0.1) is 17.4 Å². The fourth-order valence-corrected chi connectivity index (χ4v) is 1.99. The highest BCUT2D eigenvalue weighted by atomic mass is 79.9. The first-order valence-corrected chi connectivity index (χ1v) is 4.72. The fraction of sp³-hybridized carbons (Fsp3) is 0.125. The number of hydrogen-bond donors (Lipinski definition) is 0. The van der Waals surface area contributed by atoms with Crippen LogP contribution in [-0.4, -0.2) is 4.92 Å². The number of nitriles is 1. The largest absolute Gasteiger partial charge is 0.292 e. The predicted molar refractivity (Wildman–Crippen MR) is 55.1 cm³/mol. The summed E-state index contributed by atoms with van der Waals surface area (Å²) in [5.41, 5.74) is 0.119. The Labute approximate surface area is 93.4 Å². The highest BCUT2D eigenvalue weighted by Crippen LogP contribution is 2.32. The standard InChI is InChI=1S/C8H4BrClN2O2/c9-6-3-5(1-2-11)8(12(13)14)7(10)4-6/h3-4H,1H2. The maximum Gasteiger partial charge on any atom is 0.292 e. The van der Waals surface area contributed by atoms with Crippen molar-refractivity contribution in [2.24, 2.45) is 0 Å². The Bertz CT molecular complexity index is 428. The summed E-state index contributed by atoms with van der Waals surface area (Å²) in [7, 11) is 0. The molecule has 0 saturated heterocycles. The zero-order valence-corrected chi connectivity index (χ0v) is 9.17. The average molecular weight is 275 g/mol. The Morgan fingerprint density at radius 3 is 2.79 bits per heavy atom. The van der Waals surface area contributed by atoms with Crippen LogP contribution in [0.4, 0.5) is 5.69 Å². The topological polar surface area (TPSA) is 66.9 Å². The first kappa shape index (κ1) is 11.0. The van der Waals surface area contributed by atoms with Gasteiger partial charge in [0, 0.05) is 10.0 Å². The molecular formula is C8H4BrClN2O2. The van der Waals surface area contributed by atoms with E-state index < -0.39 is 4.92 Å². The lowest BCUT2D eigenvalue weighted by molar-refractivity contribution is -0.385. The van der Waals surface area contributed by atoms with Gasteiger partial charge in [-0.2, -0.15) is 5.26 Å². The Kier molecular flexibility index (Phi) is 3.44. The van der Waals surface area contributed by atoms with Crippen molar-refractivity contribution >= 4 is 33.2 Å². The van der Waals surface area contributed by atoms with Gasteiger partial charge in [0.1, 0.15) is 5.02 Å². The van der Waals surface area contributed by atoms with Crippen LogP contribution in [-0.2, 0) is 6.42 Å². The Balaban J connectivity index is 3.38. The number of nitro groups is 1. The molecule has 72 valence electrons. The van der Waals surface area contributed by atoms with E-state index in [0.29, 0.717) is 10.0 Å². The van der Waals surface area contributed by atoms with Gasteiger partial charge in [0.2, 0.25) is 0 Å². The summed E-state index contributed by atoms with van der Waals surface area (Å²) >= 11 is 8.83. The zero-order chi connectivity index (χ0) is 10.7. The van der Waals surface area contributed by atoms with E-state index in [1.54, 1.807) is 0 Å². The van der Waals surface area contributed by atoms with Gasteiger partial charge in [-0.15, -0.1) is 0 Å². The van der Waals surface area contributed by atoms with E-state index >= 15 is 0 Å². The molecular weight excluding hydrogens is 271 g/mol. The van der Waals surface area contributed by atoms with Crippen molar-refractivity contribution in [3.05, 3.63) is 37.3 Å². The van der Waals surface area contributed by atoms with Gasteiger partial charge in [0.15, 0.2) is 0 Å². The third kappa shape index (κ3) is 2.22. The van der Waals surface area contributed by atoms with Gasteiger partial charge in [-0.3, -0.25) is 10.1 Å². The molecule has 0 amide bonds. The molecule has 1 aromatic carbocycles. The number of hydrogen-bond acceptors (Lipinski definition) is 3. The molecule has 4 nitrogen and oxygen atoms in total. The minimum atomic E-state index is -0.582. The molecule has 0 N–H and O–H groups in total. The lowest BCUT2D eigenvalue weighted by Gasteiger charge is -2.01. The predicted octanol–water partition coefficient (Wildman–Crippen LogP) is 3.08. The van der Waals surface area contributed by atoms with Crippen molar-refractivity contribution in [2.75, 3.05) is 0 Å². The molecule has 0 fully saturated rings. The summed E-state index contributed by atoms with van der Waals surface area (Å²) in [6.45, 7) is 0. The van der Waals surface area contributed by atoms with Gasteiger partial charge in [0.25, 0.3) is 5.69 Å². The second kappa shape index (κ2) is 4.40. The van der Waals surface area contributed by atoms with Gasteiger partial charge >= 0.3 is 0 Å². The Hall–Kier alpha value is -1.12. The molecule has 0 heterocycles. The van der Waals surface area contributed by atoms with Gasteiger partial charge in [-0.25, -0.2) is 0 Å². The van der Waals surface area contributed by atoms with Crippen molar-refractivity contribution in [3.63, 3.8) is 0 Å². The van der Waals surface area contributed by atoms with Crippen LogP contribution in [0.25, 0.3) is 0 Å². The van der Waals surface area contributed by atoms with Crippen LogP contribution in [0.2, 0.25) is 5.02 Å². The van der Waals surface area contributed by atoms with Crippen LogP contribution in [0, 0.1) is 21.4 Å². The zero-order valence-electron chi connectivity index (χ0n) is 6.83. The van der Waals surface area contributed by atoms with Crippen LogP contribution in [0.15, 0.2) is 16.6 Å². The highest BCUT2D eigenvalue weighted by molar-refractivity contribution is 9.10. The molecule has 6 heteroatoms. The highest BCUT2D eigenvalue weighted by Gasteiger charge is 2.19. The van der Waals surface area contributed by atoms with E-state index in [1.807, 2.05) is 6.07 Å². The van der Waals surface area contributed by atoms with E-state index in [4.69, 9.17) is 16.9 Å². The molecule has 0 bridgehead atoms. The van der Waals surface area contributed by atoms with Gasteiger partial charge in [-0.1, -0.05) is 27.5 Å². The minimum absolute atomic E-state index is 0.0323. The summed E-state index contributed by atoms with van der Waals surface area (Å²) in [6.07, 6.45) is -0.0323. The van der Waals surface area contributed by atoms with Crippen LogP contribution < -0.4 is 0 Å². The van der Waals surface area contributed by atoms with Crippen molar-refractivity contribution in [1.29, 1.82) is 5.26 Å². The van der Waals surface area contributed by atoms with Crippen LogP contribution in [0.1, 0.15) is 5.56 Å². The molecule has 14 heavy (non-hydrogen) atoms. The van der Waals surface area contributed by atoms with Gasteiger partial charge < -0.3 is 0 Å². The smallest absolute Gasteiger partial charge is 0.258 e. The Morgan fingerprint density at radius 1 is 1.64 bits per heavy atom. The molecule has 0 radical (unpaired) electrons. The summed E-state index contributed by atoms with van der Waals surface area (Å²) in [6, 6.07) is 4.80. The number of nitro benzene ring substituents is 1. The summed E-state index contributed by atoms with van der Waals surface area (Å²) < 4.78 is 0.623. The SMILES string of the molecule is N#CCc1cc(Br)cc(Cl)c1[N+](=O)[O-]. The van der Waals surface area contributed by atoms with E-state index in [0.717, 1.165) is 0 Å². The van der Waals surface area contributed by atoms with Crippen molar-refractivity contribution in [1.82, 2.24) is 0 Å². The molecule has 0 aromatic heterocycles. The molecule has 0 atom stereocenters. The second-order valence-electron chi connectivity index (χ2n) is 2.49. The molecule has 0 spiro atoms. The minimum Gasteiger partial charge on any atom is -0.258 e. The fourth-order valence-electron chi connectivity index (χ4n) is 1.04. The number of nitrogens with zero attached hydrogens (tertiary/aromatic N) is 2. The molecule has 0 aliphatic heterocycles. The summed E-state index contributed by atoms with van der Waals surface area (Å²) in [4.78, 5) is 10.0. The monoisotopic (exact) mass is 274 g/mol. The summed E-state index contributed by atoms with van der Waals surface area (Å²) in [5.74, 6) is 0. The molecule has 1 aromatic rings. The van der Waals surface area contributed by atoms with E-state index in [1.165, 1.54) is 12.1 Å². The summed E-state index contributed by atoms with van der Waals surface area (Å²) in [5, 5.41) is 19.1. The average Bonchev–Trinajstić information content (AvgIpc) is 2.01. The number of benzene rings is 1. The normalized spacial score (nSPS) is 9.50. The lowest BCUT2D eigenvalue weighted by atomic mass is 10.1. The Morgan fingerprint density at radius 2 is 2.29 bits per heavy atom. The second-order valence-corrected chi connectivity index (χ2v) is 3.81. The number of rotatable bonds is 2. The van der Waals surface area contributed by atoms with Gasteiger partial charge in [-0.05, 0) is 12.1 Å². The quantitative estimate of drug-likeness (QED) is 0.615. The maximum absolute atomic E-state index is 10.6. The van der Waals surface area contributed by atoms with Crippen molar-refractivity contribution in [2.45, 2.75) is 6.42 Å². The maximum atomic E-state index is 10.6. The molecule has 0 aliphatic rings. The number of halogens is 2. The van der Waals surface area contributed by atoms with Crippen LogP contribution >= 0.6 is 27.5 Å². The first-order valence-electron chi connectivity index (χ1n) is 3.55. The molecule has 0 saturated carbocycles.